The number of hydrogen-bond acceptors (Lipinski definition) is 4. The fourth-order valence-electron chi connectivity index (χ4n) is 2.34. The number of hydrogen-bond donors (Lipinski definition) is 0. The smallest absolute Gasteiger partial charge is 0.336 e. The van der Waals surface area contributed by atoms with Crippen molar-refractivity contribution in [1.29, 1.82) is 0 Å². The van der Waals surface area contributed by atoms with Crippen LogP contribution in [0.3, 0.4) is 0 Å². The third-order valence-electron chi connectivity index (χ3n) is 3.71. The Morgan fingerprint density at radius 2 is 1.88 bits per heavy atom. The summed E-state index contributed by atoms with van der Waals surface area (Å²) in [4.78, 5) is 11.2. The molecule has 1 atom stereocenters. The summed E-state index contributed by atoms with van der Waals surface area (Å²) < 4.78 is 9.90. The lowest BCUT2D eigenvalue weighted by atomic mass is 10.2. The van der Waals surface area contributed by atoms with Crippen molar-refractivity contribution in [3.05, 3.63) is 76.3 Å². The van der Waals surface area contributed by atoms with Gasteiger partial charge in [-0.3, -0.25) is 0 Å². The van der Waals surface area contributed by atoms with Gasteiger partial charge in [0, 0.05) is 23.6 Å². The van der Waals surface area contributed by atoms with Gasteiger partial charge in [-0.05, 0) is 30.2 Å². The molecule has 0 radical (unpaired) electrons. The fourth-order valence-corrected chi connectivity index (χ4v) is 2.34. The lowest BCUT2D eigenvalue weighted by Gasteiger charge is -2.36. The molecule has 0 saturated carbocycles. The summed E-state index contributed by atoms with van der Waals surface area (Å²) in [6.07, 6.45) is 0. The zero-order valence-electron chi connectivity index (χ0n) is 13.8. The fraction of sp³-hybridized carbons (Fsp3) is 0.150. The second-order valence-electron chi connectivity index (χ2n) is 5.69. The van der Waals surface area contributed by atoms with E-state index >= 15 is 0 Å². The van der Waals surface area contributed by atoms with Gasteiger partial charge in [0.05, 0.1) is 7.05 Å². The zero-order valence-corrected chi connectivity index (χ0v) is 13.8. The predicted octanol–water partition coefficient (Wildman–Crippen LogP) is 3.31. The average molecular weight is 335 g/mol. The van der Waals surface area contributed by atoms with Crippen LogP contribution in [0, 0.1) is 17.0 Å². The number of benzene rings is 2. The number of ether oxygens (including phenoxy) is 1. The van der Waals surface area contributed by atoms with E-state index < -0.39 is 10.3 Å². The molecule has 0 aliphatic heterocycles. The summed E-state index contributed by atoms with van der Waals surface area (Å²) in [5.74, 6) is 6.46. The largest absolute Gasteiger partial charge is 0.627 e. The topological polar surface area (TPSA) is 62.5 Å². The first-order valence-corrected chi connectivity index (χ1v) is 7.79. The van der Waals surface area contributed by atoms with Crippen LogP contribution in [0.5, 0.6) is 5.75 Å². The van der Waals surface area contributed by atoms with E-state index in [4.69, 9.17) is 9.15 Å². The lowest BCUT2D eigenvalue weighted by molar-refractivity contribution is 0.370. The van der Waals surface area contributed by atoms with Gasteiger partial charge in [-0.25, -0.2) is 4.79 Å². The Balaban J connectivity index is 1.66. The van der Waals surface area contributed by atoms with E-state index in [0.29, 0.717) is 16.7 Å². The highest BCUT2D eigenvalue weighted by molar-refractivity contribution is 5.80. The Morgan fingerprint density at radius 3 is 2.68 bits per heavy atom. The molecule has 25 heavy (non-hydrogen) atoms. The number of nitrogens with zero attached hydrogens (tertiary/aromatic N) is 1. The molecule has 1 aromatic heterocycles. The molecule has 0 bridgehead atoms. The van der Waals surface area contributed by atoms with E-state index in [1.807, 2.05) is 30.3 Å². The second-order valence-corrected chi connectivity index (χ2v) is 5.69. The summed E-state index contributed by atoms with van der Waals surface area (Å²) in [6.45, 7) is 0.327. The summed E-state index contributed by atoms with van der Waals surface area (Å²) in [5.41, 5.74) is 0.585. The van der Waals surface area contributed by atoms with Gasteiger partial charge < -0.3 is 19.0 Å². The van der Waals surface area contributed by atoms with Gasteiger partial charge in [-0.2, -0.15) is 0 Å². The van der Waals surface area contributed by atoms with Gasteiger partial charge in [0.1, 0.15) is 30.2 Å². The highest BCUT2D eigenvalue weighted by atomic mass is 16.5. The van der Waals surface area contributed by atoms with Crippen molar-refractivity contribution in [2.24, 2.45) is 0 Å². The van der Waals surface area contributed by atoms with Crippen LogP contribution in [0.15, 0.2) is 69.9 Å². The van der Waals surface area contributed by atoms with Crippen LogP contribution in [-0.4, -0.2) is 20.2 Å². The molecule has 126 valence electrons. The van der Waals surface area contributed by atoms with Crippen LogP contribution >= 0.6 is 0 Å². The molecule has 0 amide bonds. The van der Waals surface area contributed by atoms with Gasteiger partial charge in [-0.15, -0.1) is 0 Å². The maximum absolute atomic E-state index is 12.8. The van der Waals surface area contributed by atoms with Gasteiger partial charge in [0.25, 0.3) is 0 Å². The zero-order chi connectivity index (χ0) is 17.7. The SMILES string of the molecule is C[N+]([O-])(CC#CCOc1ccccc1)c1ccc2oc(=O)ccc2c1. The molecule has 1 heterocycles. The van der Waals surface area contributed by atoms with E-state index in [1.165, 1.54) is 13.1 Å². The monoisotopic (exact) mass is 335 g/mol. The third-order valence-corrected chi connectivity index (χ3v) is 3.71. The predicted molar refractivity (Wildman–Crippen MR) is 98.1 cm³/mol. The minimum atomic E-state index is -0.645. The van der Waals surface area contributed by atoms with E-state index in [9.17, 15) is 10.0 Å². The molecule has 5 heteroatoms. The van der Waals surface area contributed by atoms with Gasteiger partial charge in [0.15, 0.2) is 0 Å². The molecule has 0 saturated heterocycles. The Morgan fingerprint density at radius 1 is 1.08 bits per heavy atom. The first-order valence-electron chi connectivity index (χ1n) is 7.79. The van der Waals surface area contributed by atoms with Crippen molar-refractivity contribution in [1.82, 2.24) is 4.65 Å². The maximum atomic E-state index is 12.8. The molecule has 0 aliphatic carbocycles. The molecule has 3 aromatic rings. The quantitative estimate of drug-likeness (QED) is 0.318. The van der Waals surface area contributed by atoms with E-state index in [-0.39, 0.29) is 13.2 Å². The maximum Gasteiger partial charge on any atom is 0.336 e. The summed E-state index contributed by atoms with van der Waals surface area (Å²) in [5, 5.41) is 13.5. The van der Waals surface area contributed by atoms with Crippen molar-refractivity contribution in [2.45, 2.75) is 0 Å². The molecule has 0 N–H and O–H groups in total. The molecular weight excluding hydrogens is 318 g/mol. The van der Waals surface area contributed by atoms with E-state index in [2.05, 4.69) is 11.8 Å². The van der Waals surface area contributed by atoms with Crippen LogP contribution < -0.4 is 15.0 Å². The number of quaternary nitrogens is 1. The van der Waals surface area contributed by atoms with Crippen LogP contribution in [-0.2, 0) is 0 Å². The normalized spacial score (nSPS) is 12.9. The first kappa shape index (κ1) is 16.8. The van der Waals surface area contributed by atoms with Crippen molar-refractivity contribution >= 4 is 16.7 Å². The first-order chi connectivity index (χ1) is 12.0. The second kappa shape index (κ2) is 7.22. The molecule has 2 aromatic carbocycles. The van der Waals surface area contributed by atoms with Crippen LogP contribution in [0.25, 0.3) is 11.0 Å². The Hall–Kier alpha value is -3.07. The van der Waals surface area contributed by atoms with Crippen molar-refractivity contribution in [2.75, 3.05) is 20.2 Å². The summed E-state index contributed by atoms with van der Waals surface area (Å²) in [7, 11) is 1.53. The number of fused-ring (bicyclic) bond motifs is 1. The molecule has 0 fully saturated rings. The van der Waals surface area contributed by atoms with Crippen molar-refractivity contribution in [3.8, 4) is 17.6 Å². The highest BCUT2D eigenvalue weighted by Gasteiger charge is 2.14. The summed E-state index contributed by atoms with van der Waals surface area (Å²) >= 11 is 0. The van der Waals surface area contributed by atoms with Crippen LogP contribution in [0.2, 0.25) is 0 Å². The number of para-hydroxylation sites is 1. The highest BCUT2D eigenvalue weighted by Crippen LogP contribution is 2.24. The van der Waals surface area contributed by atoms with Gasteiger partial charge in [-0.1, -0.05) is 24.1 Å². The van der Waals surface area contributed by atoms with E-state index in [1.54, 1.807) is 24.3 Å². The van der Waals surface area contributed by atoms with Gasteiger partial charge >= 0.3 is 5.63 Å². The molecule has 5 nitrogen and oxygen atoms in total. The Kier molecular flexibility index (Phi) is 4.85. The standard InChI is InChI=1S/C20H17NO4/c1-21(23,13-5-6-14-24-18-7-3-2-4-8-18)17-10-11-19-16(15-17)9-12-20(22)25-19/h2-4,7-12,15H,13-14H2,1H3. The lowest BCUT2D eigenvalue weighted by Crippen LogP contribution is -2.38. The molecule has 0 aliphatic rings. The molecule has 0 spiro atoms. The van der Waals surface area contributed by atoms with Crippen molar-refractivity contribution < 1.29 is 9.15 Å². The Bertz CT molecular complexity index is 981. The van der Waals surface area contributed by atoms with Crippen LogP contribution in [0.4, 0.5) is 5.69 Å². The molecule has 1 unspecified atom stereocenters. The van der Waals surface area contributed by atoms with Gasteiger partial charge in [0.2, 0.25) is 0 Å². The molecule has 3 rings (SSSR count). The Labute approximate surface area is 145 Å². The van der Waals surface area contributed by atoms with Crippen molar-refractivity contribution in [3.63, 3.8) is 0 Å². The van der Waals surface area contributed by atoms with Crippen LogP contribution in [0.1, 0.15) is 0 Å². The summed E-state index contributed by atoms with van der Waals surface area (Å²) in [6, 6.07) is 17.4. The minimum absolute atomic E-state index is 0.0977. The average Bonchev–Trinajstić information content (AvgIpc) is 2.61. The van der Waals surface area contributed by atoms with E-state index in [0.717, 1.165) is 5.75 Å². The molecular formula is C20H17NO4. The third kappa shape index (κ3) is 4.27. The number of hydroxylamine groups is 2. The minimum Gasteiger partial charge on any atom is -0.627 e. The number of rotatable bonds is 4.